The number of rotatable bonds is 6. The summed E-state index contributed by atoms with van der Waals surface area (Å²) in [5, 5.41) is 7.84. The Bertz CT molecular complexity index is 2970. The van der Waals surface area contributed by atoms with E-state index in [2.05, 4.69) is 199 Å². The summed E-state index contributed by atoms with van der Waals surface area (Å²) in [4.78, 5) is 4.88. The number of hydrogen-bond donors (Lipinski definition) is 0. The third kappa shape index (κ3) is 6.14. The van der Waals surface area contributed by atoms with E-state index in [-0.39, 0.29) is 0 Å². The average Bonchev–Trinajstić information content (AvgIpc) is 3.72. The molecule has 4 heteroatoms. The van der Waals surface area contributed by atoms with E-state index >= 15 is 0 Å². The number of anilines is 6. The summed E-state index contributed by atoms with van der Waals surface area (Å²) in [7, 11) is 0. The number of hydrogen-bond acceptors (Lipinski definition) is 4. The molecule has 10 aromatic rings. The van der Waals surface area contributed by atoms with E-state index in [1.54, 1.807) is 0 Å². The summed E-state index contributed by atoms with van der Waals surface area (Å²) < 4.78 is 5.26. The lowest BCUT2D eigenvalue weighted by Gasteiger charge is -2.29. The van der Waals surface area contributed by atoms with Gasteiger partial charge in [0.15, 0.2) is 0 Å². The van der Waals surface area contributed by atoms with Gasteiger partial charge in [0.1, 0.15) is 0 Å². The predicted octanol–water partition coefficient (Wildman–Crippen LogP) is 17.0. The molecule has 0 unspecified atom stereocenters. The Kier molecular flexibility index (Phi) is 8.70. The van der Waals surface area contributed by atoms with Gasteiger partial charge in [-0.15, -0.1) is 22.7 Å². The lowest BCUT2D eigenvalue weighted by molar-refractivity contribution is 1.21. The molecule has 0 aliphatic rings. The molecule has 0 bridgehead atoms. The van der Waals surface area contributed by atoms with Gasteiger partial charge in [0.05, 0.1) is 0 Å². The first-order valence-corrected chi connectivity index (χ1v) is 21.8. The van der Waals surface area contributed by atoms with Crippen molar-refractivity contribution in [2.45, 2.75) is 55.4 Å². The molecule has 0 spiro atoms. The van der Waals surface area contributed by atoms with Gasteiger partial charge >= 0.3 is 0 Å². The Hall–Kier alpha value is -5.94. The van der Waals surface area contributed by atoms with Gasteiger partial charge in [-0.25, -0.2) is 0 Å². The molecule has 2 heterocycles. The van der Waals surface area contributed by atoms with E-state index in [4.69, 9.17) is 0 Å². The summed E-state index contributed by atoms with van der Waals surface area (Å²) >= 11 is 3.80. The lowest BCUT2D eigenvalue weighted by Crippen LogP contribution is -2.12. The molecule has 2 nitrogen and oxygen atoms in total. The second-order valence-electron chi connectivity index (χ2n) is 16.4. The minimum atomic E-state index is 1.18. The summed E-state index contributed by atoms with van der Waals surface area (Å²) in [5.74, 6) is 0. The minimum absolute atomic E-state index is 1.18. The first kappa shape index (κ1) is 36.4. The molecule has 0 atom stereocenters. The van der Waals surface area contributed by atoms with Gasteiger partial charge in [-0.1, -0.05) is 82.9 Å². The Morgan fingerprint density at radius 2 is 0.603 bits per heavy atom. The van der Waals surface area contributed by atoms with Crippen molar-refractivity contribution in [1.29, 1.82) is 0 Å². The predicted molar refractivity (Wildman–Crippen MR) is 257 cm³/mol. The van der Waals surface area contributed by atoms with Crippen LogP contribution >= 0.6 is 22.7 Å². The SMILES string of the molecule is Cc1ccc(N(c2ccc3c(c2)sc2cc4cc5sc6cc(N(c7ccc(C)cc7C)c7ccc(C)cc7C)ccc6c5cc4cc23)c2ccc(C)cc2C)c(C)c1. The number of thiophene rings is 2. The quantitative estimate of drug-likeness (QED) is 0.166. The van der Waals surface area contributed by atoms with Crippen molar-refractivity contribution in [2.75, 3.05) is 9.80 Å². The van der Waals surface area contributed by atoms with Gasteiger partial charge in [0, 0.05) is 74.5 Å². The first-order valence-electron chi connectivity index (χ1n) is 20.1. The zero-order valence-electron chi connectivity index (χ0n) is 34.4. The summed E-state index contributed by atoms with van der Waals surface area (Å²) in [5.41, 5.74) is 17.4. The fourth-order valence-corrected chi connectivity index (χ4v) is 11.4. The van der Waals surface area contributed by atoms with Crippen molar-refractivity contribution in [3.05, 3.63) is 178 Å². The fraction of sp³-hybridized carbons (Fsp3) is 0.148. The molecule has 0 aliphatic carbocycles. The van der Waals surface area contributed by atoms with Crippen LogP contribution in [0.3, 0.4) is 0 Å². The van der Waals surface area contributed by atoms with Crippen molar-refractivity contribution in [2.24, 2.45) is 0 Å². The third-order valence-electron chi connectivity index (χ3n) is 11.9. The minimum Gasteiger partial charge on any atom is -0.310 e. The van der Waals surface area contributed by atoms with Gasteiger partial charge in [0.2, 0.25) is 0 Å². The molecule has 2 aromatic heterocycles. The average molecular weight is 787 g/mol. The van der Waals surface area contributed by atoms with Crippen molar-refractivity contribution in [1.82, 2.24) is 0 Å². The van der Waals surface area contributed by atoms with Gasteiger partial charge in [-0.3, -0.25) is 0 Å². The van der Waals surface area contributed by atoms with Crippen LogP contribution in [0.4, 0.5) is 34.1 Å². The largest absolute Gasteiger partial charge is 0.310 e. The Balaban J connectivity index is 1.08. The second-order valence-corrected chi connectivity index (χ2v) is 18.6. The lowest BCUT2D eigenvalue weighted by atomic mass is 10.0. The number of nitrogens with zero attached hydrogens (tertiary/aromatic N) is 2. The van der Waals surface area contributed by atoms with Crippen molar-refractivity contribution in [3.8, 4) is 0 Å². The highest BCUT2D eigenvalue weighted by atomic mass is 32.1. The van der Waals surface area contributed by atoms with Gasteiger partial charge < -0.3 is 9.80 Å². The normalized spacial score (nSPS) is 11.8. The number of aryl methyl sites for hydroxylation is 8. The van der Waals surface area contributed by atoms with Crippen LogP contribution in [0.25, 0.3) is 51.1 Å². The summed E-state index contributed by atoms with van der Waals surface area (Å²) in [6.45, 7) is 17.6. The van der Waals surface area contributed by atoms with Gasteiger partial charge in [-0.2, -0.15) is 0 Å². The molecule has 10 rings (SSSR count). The molecule has 58 heavy (non-hydrogen) atoms. The monoisotopic (exact) mass is 786 g/mol. The van der Waals surface area contributed by atoms with Crippen molar-refractivity contribution in [3.63, 3.8) is 0 Å². The Morgan fingerprint density at radius 1 is 0.293 bits per heavy atom. The summed E-state index contributed by atoms with van der Waals surface area (Å²) in [6.07, 6.45) is 0. The first-order chi connectivity index (χ1) is 28.0. The van der Waals surface area contributed by atoms with Crippen LogP contribution in [-0.2, 0) is 0 Å². The Morgan fingerprint density at radius 3 is 0.931 bits per heavy atom. The number of benzene rings is 8. The molecule has 0 aliphatic heterocycles. The standard InChI is InChI=1S/C54H46N2S2/c1-31-9-17-47(35(5)21-31)55(48-18-10-32(2)22-36(48)6)41-13-15-43-45-25-39-26-46-44-16-14-42(30-54(44)58-52(46)28-40(39)27-51(45)57-53(43)29-41)56(49-19-11-33(3)23-37(49)7)50-20-12-34(4)24-38(50)8/h9-30H,1-8H3. The Labute approximate surface area is 349 Å². The van der Waals surface area contributed by atoms with E-state index in [9.17, 15) is 0 Å². The van der Waals surface area contributed by atoms with Crippen LogP contribution in [0.2, 0.25) is 0 Å². The van der Waals surface area contributed by atoms with E-state index in [1.165, 1.54) is 130 Å². The van der Waals surface area contributed by atoms with E-state index in [0.717, 1.165) is 0 Å². The summed E-state index contributed by atoms with van der Waals surface area (Å²) in [6, 6.07) is 50.9. The topological polar surface area (TPSA) is 6.48 Å². The molecule has 0 fully saturated rings. The highest BCUT2D eigenvalue weighted by molar-refractivity contribution is 7.26. The van der Waals surface area contributed by atoms with E-state index in [0.29, 0.717) is 0 Å². The van der Waals surface area contributed by atoms with Crippen LogP contribution in [0, 0.1) is 55.4 Å². The molecule has 0 amide bonds. The maximum absolute atomic E-state index is 2.44. The van der Waals surface area contributed by atoms with Gasteiger partial charge in [0.25, 0.3) is 0 Å². The number of fused-ring (bicyclic) bond motifs is 7. The molecule has 0 radical (unpaired) electrons. The second kappa shape index (κ2) is 13.9. The van der Waals surface area contributed by atoms with Crippen LogP contribution < -0.4 is 9.80 Å². The highest BCUT2D eigenvalue weighted by Gasteiger charge is 2.21. The van der Waals surface area contributed by atoms with Crippen molar-refractivity contribution >= 4 is 108 Å². The van der Waals surface area contributed by atoms with Crippen LogP contribution in [0.1, 0.15) is 44.5 Å². The van der Waals surface area contributed by atoms with E-state index in [1.807, 2.05) is 22.7 Å². The molecular weight excluding hydrogens is 741 g/mol. The van der Waals surface area contributed by atoms with Crippen molar-refractivity contribution < 1.29 is 0 Å². The van der Waals surface area contributed by atoms with E-state index < -0.39 is 0 Å². The fourth-order valence-electron chi connectivity index (χ4n) is 9.09. The molecular formula is C54H46N2S2. The maximum Gasteiger partial charge on any atom is 0.0491 e. The molecule has 284 valence electrons. The molecule has 8 aromatic carbocycles. The molecule has 0 saturated heterocycles. The highest BCUT2D eigenvalue weighted by Crippen LogP contribution is 2.46. The molecule has 0 N–H and O–H groups in total. The zero-order valence-corrected chi connectivity index (χ0v) is 36.0. The molecule has 0 saturated carbocycles. The van der Waals surface area contributed by atoms with Gasteiger partial charge in [-0.05, 0) is 161 Å². The maximum atomic E-state index is 2.44. The smallest absolute Gasteiger partial charge is 0.0491 e. The third-order valence-corrected chi connectivity index (χ3v) is 14.1. The van der Waals surface area contributed by atoms with Crippen LogP contribution in [0.15, 0.2) is 133 Å². The van der Waals surface area contributed by atoms with Crippen LogP contribution in [0.5, 0.6) is 0 Å². The zero-order chi connectivity index (χ0) is 40.0. The van der Waals surface area contributed by atoms with Crippen LogP contribution in [-0.4, -0.2) is 0 Å².